The highest BCUT2D eigenvalue weighted by Gasteiger charge is 2.26. The van der Waals surface area contributed by atoms with Crippen LogP contribution in [0.5, 0.6) is 0 Å². The summed E-state index contributed by atoms with van der Waals surface area (Å²) in [6, 6.07) is 0. The molecule has 1 N–H and O–H groups in total. The van der Waals surface area contributed by atoms with Crippen molar-refractivity contribution >= 4 is 13.6 Å². The van der Waals surface area contributed by atoms with Crippen LogP contribution >= 0.6 is 7.60 Å². The van der Waals surface area contributed by atoms with Crippen molar-refractivity contribution in [2.45, 2.75) is 123 Å². The highest BCUT2D eigenvalue weighted by atomic mass is 31.2. The SMILES string of the molecule is CCCCCCCCCCCCCCC(C)COCC(COP(=O)(O)CC[N+](C)(C)C)OC(=O)CCC. The van der Waals surface area contributed by atoms with Crippen molar-refractivity contribution in [3.8, 4) is 0 Å². The van der Waals surface area contributed by atoms with E-state index in [4.69, 9.17) is 14.0 Å². The minimum absolute atomic E-state index is 0.0586. The molecule has 0 aromatic carbocycles. The lowest BCUT2D eigenvalue weighted by atomic mass is 10.0. The van der Waals surface area contributed by atoms with Crippen LogP contribution in [0, 0.1) is 5.92 Å². The Kier molecular flexibility index (Phi) is 22.1. The van der Waals surface area contributed by atoms with Crippen LogP contribution in [-0.2, 0) is 23.4 Å². The molecule has 0 radical (unpaired) electrons. The van der Waals surface area contributed by atoms with Gasteiger partial charge in [0.2, 0.25) is 0 Å². The summed E-state index contributed by atoms with van der Waals surface area (Å²) in [4.78, 5) is 22.2. The molecular weight excluding hydrogens is 489 g/mol. The fourth-order valence-electron chi connectivity index (χ4n) is 4.07. The van der Waals surface area contributed by atoms with Gasteiger partial charge in [0.1, 0.15) is 6.10 Å². The number of hydrogen-bond donors (Lipinski definition) is 1. The van der Waals surface area contributed by atoms with Gasteiger partial charge in [-0.2, -0.15) is 0 Å². The number of carbonyl (C=O) groups is 1. The molecule has 0 aliphatic heterocycles. The van der Waals surface area contributed by atoms with E-state index in [1.165, 1.54) is 77.0 Å². The third-order valence-electron chi connectivity index (χ3n) is 6.52. The van der Waals surface area contributed by atoms with Crippen LogP contribution in [-0.4, -0.2) is 75.1 Å². The van der Waals surface area contributed by atoms with Crippen molar-refractivity contribution in [1.82, 2.24) is 0 Å². The molecule has 0 bridgehead atoms. The third kappa shape index (κ3) is 25.6. The van der Waals surface area contributed by atoms with E-state index in [-0.39, 0.29) is 25.3 Å². The van der Waals surface area contributed by atoms with Crippen LogP contribution in [0.4, 0.5) is 0 Å². The average molecular weight is 551 g/mol. The highest BCUT2D eigenvalue weighted by Crippen LogP contribution is 2.42. The molecule has 3 atom stereocenters. The monoisotopic (exact) mass is 550 g/mol. The smallest absolute Gasteiger partial charge is 0.333 e. The summed E-state index contributed by atoms with van der Waals surface area (Å²) in [5.74, 6) is 0.0906. The zero-order valence-corrected chi connectivity index (χ0v) is 26.1. The summed E-state index contributed by atoms with van der Waals surface area (Å²) < 4.78 is 29.6. The van der Waals surface area contributed by atoms with Gasteiger partial charge in [-0.1, -0.05) is 97.8 Å². The minimum atomic E-state index is -3.75. The van der Waals surface area contributed by atoms with E-state index in [0.29, 0.717) is 36.4 Å². The summed E-state index contributed by atoms with van der Waals surface area (Å²) in [7, 11) is 2.13. The zero-order valence-electron chi connectivity index (χ0n) is 25.2. The van der Waals surface area contributed by atoms with Crippen LogP contribution in [0.15, 0.2) is 0 Å². The number of ether oxygens (including phenoxy) is 2. The third-order valence-corrected chi connectivity index (χ3v) is 7.84. The largest absolute Gasteiger partial charge is 0.457 e. The van der Waals surface area contributed by atoms with Crippen molar-refractivity contribution in [2.75, 3.05) is 53.7 Å². The van der Waals surface area contributed by atoms with Crippen LogP contribution in [0.3, 0.4) is 0 Å². The molecule has 0 fully saturated rings. The lowest BCUT2D eigenvalue weighted by molar-refractivity contribution is -0.867. The number of unbranched alkanes of at least 4 members (excludes halogenated alkanes) is 11. The van der Waals surface area contributed by atoms with Gasteiger partial charge in [0.05, 0.1) is 47.1 Å². The molecule has 0 aliphatic carbocycles. The van der Waals surface area contributed by atoms with Gasteiger partial charge in [-0.25, -0.2) is 0 Å². The van der Waals surface area contributed by atoms with E-state index in [0.717, 1.165) is 6.42 Å². The maximum Gasteiger partial charge on any atom is 0.333 e. The molecule has 0 amide bonds. The number of hydrogen-bond acceptors (Lipinski definition) is 5. The predicted molar refractivity (Wildman–Crippen MR) is 154 cm³/mol. The van der Waals surface area contributed by atoms with E-state index >= 15 is 0 Å². The molecule has 7 nitrogen and oxygen atoms in total. The topological polar surface area (TPSA) is 82.1 Å². The minimum Gasteiger partial charge on any atom is -0.457 e. The van der Waals surface area contributed by atoms with Crippen LogP contribution in [0.1, 0.15) is 117 Å². The zero-order chi connectivity index (χ0) is 28.0. The molecule has 0 heterocycles. The molecule has 222 valence electrons. The number of nitrogens with zero attached hydrogens (tertiary/aromatic N) is 1. The lowest BCUT2D eigenvalue weighted by Gasteiger charge is -2.25. The summed E-state index contributed by atoms with van der Waals surface area (Å²) >= 11 is 0. The van der Waals surface area contributed by atoms with Gasteiger partial charge in [0.15, 0.2) is 0 Å². The van der Waals surface area contributed by atoms with Gasteiger partial charge in [0.25, 0.3) is 0 Å². The van der Waals surface area contributed by atoms with Crippen molar-refractivity contribution < 1.29 is 32.7 Å². The summed E-state index contributed by atoms with van der Waals surface area (Å²) in [6.07, 6.45) is 17.7. The Bertz CT molecular complexity index is 595. The van der Waals surface area contributed by atoms with Crippen molar-refractivity contribution in [3.63, 3.8) is 0 Å². The average Bonchev–Trinajstić information content (AvgIpc) is 2.82. The summed E-state index contributed by atoms with van der Waals surface area (Å²) in [6.45, 7) is 7.50. The maximum atomic E-state index is 12.4. The van der Waals surface area contributed by atoms with E-state index in [9.17, 15) is 14.3 Å². The molecule has 0 saturated carbocycles. The second-order valence-electron chi connectivity index (χ2n) is 11.9. The fraction of sp³-hybridized carbons (Fsp3) is 0.966. The maximum absolute atomic E-state index is 12.4. The first-order valence-corrected chi connectivity index (χ1v) is 16.8. The molecule has 3 unspecified atom stereocenters. The molecule has 37 heavy (non-hydrogen) atoms. The molecular formula is C29H61NO6P+. The first-order valence-electron chi connectivity index (χ1n) is 15.0. The van der Waals surface area contributed by atoms with Gasteiger partial charge >= 0.3 is 13.6 Å². The molecule has 0 aromatic heterocycles. The predicted octanol–water partition coefficient (Wildman–Crippen LogP) is 7.35. The number of quaternary nitrogens is 1. The van der Waals surface area contributed by atoms with Crippen molar-refractivity contribution in [2.24, 2.45) is 5.92 Å². The Hall–Kier alpha value is -0.460. The Morgan fingerprint density at radius 1 is 0.811 bits per heavy atom. The van der Waals surface area contributed by atoms with E-state index < -0.39 is 13.7 Å². The Morgan fingerprint density at radius 2 is 1.35 bits per heavy atom. The van der Waals surface area contributed by atoms with Crippen molar-refractivity contribution in [1.29, 1.82) is 0 Å². The Labute approximate surface area is 229 Å². The first kappa shape index (κ1) is 36.5. The standard InChI is InChI=1S/C29H60NO6P/c1-7-9-10-11-12-13-14-15-16-17-18-19-21-27(3)24-34-25-28(36-29(31)20-8-2)26-35-37(32,33)23-22-30(4,5)6/h27-28H,7-26H2,1-6H3/p+1. The van der Waals surface area contributed by atoms with Gasteiger partial charge < -0.3 is 23.4 Å². The van der Waals surface area contributed by atoms with E-state index in [1.807, 2.05) is 28.1 Å². The second kappa shape index (κ2) is 22.4. The molecule has 0 rings (SSSR count). The molecule has 0 aliphatic rings. The van der Waals surface area contributed by atoms with Gasteiger partial charge in [0, 0.05) is 13.0 Å². The molecule has 0 saturated heterocycles. The quantitative estimate of drug-likeness (QED) is 0.0525. The van der Waals surface area contributed by atoms with Gasteiger partial charge in [-0.3, -0.25) is 9.36 Å². The fourth-order valence-corrected chi connectivity index (χ4v) is 5.45. The summed E-state index contributed by atoms with van der Waals surface area (Å²) in [5, 5.41) is 0. The normalized spacial score (nSPS) is 15.3. The first-order chi connectivity index (χ1) is 17.5. The number of rotatable bonds is 26. The van der Waals surface area contributed by atoms with E-state index in [2.05, 4.69) is 13.8 Å². The van der Waals surface area contributed by atoms with Gasteiger partial charge in [-0.05, 0) is 18.8 Å². The van der Waals surface area contributed by atoms with Gasteiger partial charge in [-0.15, -0.1) is 0 Å². The Balaban J connectivity index is 4.10. The van der Waals surface area contributed by atoms with Crippen LogP contribution < -0.4 is 0 Å². The molecule has 0 spiro atoms. The van der Waals surface area contributed by atoms with E-state index in [1.54, 1.807) is 0 Å². The highest BCUT2D eigenvalue weighted by molar-refractivity contribution is 7.52. The number of carbonyl (C=O) groups excluding carboxylic acids is 1. The summed E-state index contributed by atoms with van der Waals surface area (Å²) in [5.41, 5.74) is 0. The van der Waals surface area contributed by atoms with Crippen LogP contribution in [0.2, 0.25) is 0 Å². The molecule has 8 heteroatoms. The number of esters is 1. The second-order valence-corrected chi connectivity index (χ2v) is 13.8. The molecule has 0 aromatic rings. The van der Waals surface area contributed by atoms with Crippen molar-refractivity contribution in [3.05, 3.63) is 0 Å². The lowest BCUT2D eigenvalue weighted by Crippen LogP contribution is -2.37. The Morgan fingerprint density at radius 3 is 1.86 bits per heavy atom. The van der Waals surface area contributed by atoms with Crippen LogP contribution in [0.25, 0.3) is 0 Å².